The van der Waals surface area contributed by atoms with Crippen molar-refractivity contribution in [1.29, 1.82) is 0 Å². The predicted molar refractivity (Wildman–Crippen MR) is 101 cm³/mol. The maximum atomic E-state index is 12.7. The van der Waals surface area contributed by atoms with E-state index in [2.05, 4.69) is 24.0 Å². The number of benzene rings is 2. The van der Waals surface area contributed by atoms with Crippen LogP contribution in [0, 0.1) is 0 Å². The third-order valence-electron chi connectivity index (χ3n) is 4.70. The first-order valence-electron chi connectivity index (χ1n) is 9.01. The second-order valence-electron chi connectivity index (χ2n) is 6.41. The third kappa shape index (κ3) is 4.32. The normalized spacial score (nSPS) is 15.8. The van der Waals surface area contributed by atoms with Crippen molar-refractivity contribution in [3.8, 4) is 5.75 Å². The summed E-state index contributed by atoms with van der Waals surface area (Å²) >= 11 is 0. The zero-order valence-electron chi connectivity index (χ0n) is 15.0. The van der Waals surface area contributed by atoms with E-state index >= 15 is 0 Å². The molecule has 1 amide bonds. The molecule has 3 rings (SSSR count). The van der Waals surface area contributed by atoms with Gasteiger partial charge in [-0.05, 0) is 43.2 Å². The molecule has 1 aliphatic rings. The average molecular weight is 338 g/mol. The van der Waals surface area contributed by atoms with E-state index < -0.39 is 6.10 Å². The number of anilines is 1. The van der Waals surface area contributed by atoms with Gasteiger partial charge in [0.15, 0.2) is 6.10 Å². The van der Waals surface area contributed by atoms with Gasteiger partial charge in [0.25, 0.3) is 5.91 Å². The van der Waals surface area contributed by atoms with E-state index in [-0.39, 0.29) is 5.91 Å². The van der Waals surface area contributed by atoms with Crippen LogP contribution in [0.5, 0.6) is 5.75 Å². The molecule has 0 spiro atoms. The van der Waals surface area contributed by atoms with Crippen molar-refractivity contribution in [3.63, 3.8) is 0 Å². The van der Waals surface area contributed by atoms with Gasteiger partial charge < -0.3 is 14.5 Å². The molecule has 0 aliphatic carbocycles. The Morgan fingerprint density at radius 3 is 2.24 bits per heavy atom. The Kier molecular flexibility index (Phi) is 5.59. The van der Waals surface area contributed by atoms with Crippen LogP contribution in [0.25, 0.3) is 0 Å². The maximum Gasteiger partial charge on any atom is 0.263 e. The quantitative estimate of drug-likeness (QED) is 0.838. The van der Waals surface area contributed by atoms with E-state index in [1.54, 1.807) is 0 Å². The minimum absolute atomic E-state index is 0.0623. The van der Waals surface area contributed by atoms with Gasteiger partial charge in [-0.15, -0.1) is 0 Å². The standard InChI is InChI=1S/C21H26N2O2/c1-3-18-9-11-20(12-10-18)25-17(2)21(24)23-15-13-22(14-16-23)19-7-5-4-6-8-19/h4-12,17H,3,13-16H2,1-2H3/t17-/m0/s1. The molecule has 2 aromatic carbocycles. The Morgan fingerprint density at radius 1 is 1.00 bits per heavy atom. The Labute approximate surface area is 150 Å². The van der Waals surface area contributed by atoms with Gasteiger partial charge in [0.2, 0.25) is 0 Å². The first kappa shape index (κ1) is 17.3. The fraction of sp³-hybridized carbons (Fsp3) is 0.381. The molecule has 1 heterocycles. The summed E-state index contributed by atoms with van der Waals surface area (Å²) in [6.45, 7) is 7.13. The third-order valence-corrected chi connectivity index (χ3v) is 4.70. The van der Waals surface area contributed by atoms with E-state index in [0.717, 1.165) is 38.3 Å². The van der Waals surface area contributed by atoms with Gasteiger partial charge in [0.05, 0.1) is 0 Å². The lowest BCUT2D eigenvalue weighted by molar-refractivity contribution is -0.138. The number of para-hydroxylation sites is 1. The highest BCUT2D eigenvalue weighted by atomic mass is 16.5. The second kappa shape index (κ2) is 8.06. The Hall–Kier alpha value is -2.49. The molecule has 132 valence electrons. The number of carbonyl (C=O) groups is 1. The summed E-state index contributed by atoms with van der Waals surface area (Å²) in [5.74, 6) is 0.813. The summed E-state index contributed by atoms with van der Waals surface area (Å²) < 4.78 is 5.84. The summed E-state index contributed by atoms with van der Waals surface area (Å²) in [7, 11) is 0. The molecular weight excluding hydrogens is 312 g/mol. The molecule has 4 heteroatoms. The SMILES string of the molecule is CCc1ccc(O[C@@H](C)C(=O)N2CCN(c3ccccc3)CC2)cc1. The van der Waals surface area contributed by atoms with Crippen LogP contribution in [0.15, 0.2) is 54.6 Å². The molecule has 25 heavy (non-hydrogen) atoms. The topological polar surface area (TPSA) is 32.8 Å². The summed E-state index contributed by atoms with van der Waals surface area (Å²) in [4.78, 5) is 16.9. The number of piperazine rings is 1. The summed E-state index contributed by atoms with van der Waals surface area (Å²) in [5.41, 5.74) is 2.48. The molecule has 1 saturated heterocycles. The van der Waals surface area contributed by atoms with Crippen molar-refractivity contribution in [3.05, 3.63) is 60.2 Å². The van der Waals surface area contributed by atoms with E-state index in [1.807, 2.05) is 54.3 Å². The fourth-order valence-electron chi connectivity index (χ4n) is 3.14. The van der Waals surface area contributed by atoms with Crippen LogP contribution >= 0.6 is 0 Å². The van der Waals surface area contributed by atoms with E-state index in [1.165, 1.54) is 11.3 Å². The first-order valence-corrected chi connectivity index (χ1v) is 9.01. The highest BCUT2D eigenvalue weighted by Gasteiger charge is 2.26. The van der Waals surface area contributed by atoms with Gasteiger partial charge in [0, 0.05) is 31.9 Å². The van der Waals surface area contributed by atoms with Crippen LogP contribution in [-0.2, 0) is 11.2 Å². The van der Waals surface area contributed by atoms with E-state index in [9.17, 15) is 4.79 Å². The Morgan fingerprint density at radius 2 is 1.64 bits per heavy atom. The minimum Gasteiger partial charge on any atom is -0.481 e. The number of nitrogens with zero attached hydrogens (tertiary/aromatic N) is 2. The second-order valence-corrected chi connectivity index (χ2v) is 6.41. The summed E-state index contributed by atoms with van der Waals surface area (Å²) in [5, 5.41) is 0. The van der Waals surface area contributed by atoms with Crippen molar-refractivity contribution in [1.82, 2.24) is 4.90 Å². The maximum absolute atomic E-state index is 12.7. The summed E-state index contributed by atoms with van der Waals surface area (Å²) in [6.07, 6.45) is 0.538. The van der Waals surface area contributed by atoms with Crippen molar-refractivity contribution < 1.29 is 9.53 Å². The van der Waals surface area contributed by atoms with Gasteiger partial charge >= 0.3 is 0 Å². The van der Waals surface area contributed by atoms with Crippen LogP contribution in [0.1, 0.15) is 19.4 Å². The number of hydrogen-bond acceptors (Lipinski definition) is 3. The van der Waals surface area contributed by atoms with Crippen LogP contribution in [0.4, 0.5) is 5.69 Å². The number of carbonyl (C=O) groups excluding carboxylic acids is 1. The van der Waals surface area contributed by atoms with Crippen molar-refractivity contribution in [2.24, 2.45) is 0 Å². The van der Waals surface area contributed by atoms with E-state index in [4.69, 9.17) is 4.74 Å². The molecule has 2 aromatic rings. The monoisotopic (exact) mass is 338 g/mol. The number of ether oxygens (including phenoxy) is 1. The van der Waals surface area contributed by atoms with Gasteiger partial charge in [-0.2, -0.15) is 0 Å². The van der Waals surface area contributed by atoms with Crippen LogP contribution in [-0.4, -0.2) is 43.1 Å². The predicted octanol–water partition coefficient (Wildman–Crippen LogP) is 3.37. The zero-order chi connectivity index (χ0) is 17.6. The van der Waals surface area contributed by atoms with Gasteiger partial charge in [-0.1, -0.05) is 37.3 Å². The lowest BCUT2D eigenvalue weighted by Crippen LogP contribution is -2.52. The highest BCUT2D eigenvalue weighted by molar-refractivity contribution is 5.81. The van der Waals surface area contributed by atoms with Crippen LogP contribution < -0.4 is 9.64 Å². The van der Waals surface area contributed by atoms with Gasteiger partial charge in [-0.25, -0.2) is 0 Å². The smallest absolute Gasteiger partial charge is 0.263 e. The molecule has 0 aromatic heterocycles. The number of aryl methyl sites for hydroxylation is 1. The molecule has 0 bridgehead atoms. The average Bonchev–Trinajstić information content (AvgIpc) is 2.69. The molecule has 4 nitrogen and oxygen atoms in total. The molecule has 1 aliphatic heterocycles. The molecule has 0 saturated carbocycles. The lowest BCUT2D eigenvalue weighted by Gasteiger charge is -2.37. The van der Waals surface area contributed by atoms with Crippen LogP contribution in [0.3, 0.4) is 0 Å². The highest BCUT2D eigenvalue weighted by Crippen LogP contribution is 2.18. The number of amides is 1. The molecule has 0 N–H and O–H groups in total. The van der Waals surface area contributed by atoms with Gasteiger partial charge in [0.1, 0.15) is 5.75 Å². The largest absolute Gasteiger partial charge is 0.481 e. The van der Waals surface area contributed by atoms with Crippen LogP contribution in [0.2, 0.25) is 0 Å². The van der Waals surface area contributed by atoms with Gasteiger partial charge in [-0.3, -0.25) is 4.79 Å². The first-order chi connectivity index (χ1) is 12.2. The van der Waals surface area contributed by atoms with Crippen molar-refractivity contribution in [2.45, 2.75) is 26.4 Å². The Balaban J connectivity index is 1.52. The molecule has 0 radical (unpaired) electrons. The zero-order valence-corrected chi connectivity index (χ0v) is 15.0. The van der Waals surface area contributed by atoms with E-state index in [0.29, 0.717) is 0 Å². The van der Waals surface area contributed by atoms with Crippen molar-refractivity contribution >= 4 is 11.6 Å². The minimum atomic E-state index is -0.462. The fourth-order valence-corrected chi connectivity index (χ4v) is 3.14. The molecule has 0 unspecified atom stereocenters. The molecule has 1 atom stereocenters. The lowest BCUT2D eigenvalue weighted by atomic mass is 10.2. The number of rotatable bonds is 5. The molecular formula is C21H26N2O2. The summed E-state index contributed by atoms with van der Waals surface area (Å²) in [6, 6.07) is 18.3. The number of hydrogen-bond donors (Lipinski definition) is 0. The Bertz CT molecular complexity index is 677. The molecule has 1 fully saturated rings. The van der Waals surface area contributed by atoms with Crippen molar-refractivity contribution in [2.75, 3.05) is 31.1 Å².